The molecule has 0 radical (unpaired) electrons. The molecule has 1 aromatic heterocycles. The van der Waals surface area contributed by atoms with E-state index in [0.29, 0.717) is 17.4 Å². The molecule has 2 amide bonds. The number of rotatable bonds is 7. The van der Waals surface area contributed by atoms with Crippen LogP contribution < -0.4 is 11.1 Å². The molecule has 0 fully saturated rings. The first kappa shape index (κ1) is 17.0. The third-order valence-corrected chi connectivity index (χ3v) is 4.17. The van der Waals surface area contributed by atoms with Gasteiger partial charge in [-0.05, 0) is 24.6 Å². The summed E-state index contributed by atoms with van der Waals surface area (Å²) in [6.45, 7) is 1.97. The van der Waals surface area contributed by atoms with E-state index in [0.717, 1.165) is 11.3 Å². The lowest BCUT2D eigenvalue weighted by atomic mass is 10.2. The van der Waals surface area contributed by atoms with Crippen LogP contribution in [0.2, 0.25) is 0 Å². The van der Waals surface area contributed by atoms with E-state index in [4.69, 9.17) is 5.73 Å². The number of aryl methyl sites for hydroxylation is 2. The van der Waals surface area contributed by atoms with Crippen LogP contribution in [0.1, 0.15) is 17.8 Å². The smallest absolute Gasteiger partial charge is 0.234 e. The molecule has 1 aromatic carbocycles. The molecular formula is C15H19N5O2S. The van der Waals surface area contributed by atoms with Crippen molar-refractivity contribution in [2.24, 2.45) is 12.8 Å². The molecule has 1 heterocycles. The first-order valence-electron chi connectivity index (χ1n) is 7.11. The second kappa shape index (κ2) is 7.77. The van der Waals surface area contributed by atoms with Gasteiger partial charge in [0.05, 0.1) is 5.75 Å². The first-order chi connectivity index (χ1) is 11.0. The summed E-state index contributed by atoms with van der Waals surface area (Å²) in [6.07, 6.45) is 0.666. The number of benzene rings is 1. The fourth-order valence-electron chi connectivity index (χ4n) is 1.97. The number of carbonyl (C=O) groups excluding carboxylic acids is 2. The van der Waals surface area contributed by atoms with Gasteiger partial charge >= 0.3 is 0 Å². The minimum Gasteiger partial charge on any atom is -0.370 e. The summed E-state index contributed by atoms with van der Waals surface area (Å²) in [6, 6.07) is 7.62. The molecule has 23 heavy (non-hydrogen) atoms. The van der Waals surface area contributed by atoms with E-state index < -0.39 is 0 Å². The Hall–Kier alpha value is -2.35. The van der Waals surface area contributed by atoms with Crippen molar-refractivity contribution in [3.05, 3.63) is 35.7 Å². The van der Waals surface area contributed by atoms with Gasteiger partial charge in [-0.2, -0.15) is 0 Å². The van der Waals surface area contributed by atoms with Gasteiger partial charge in [-0.1, -0.05) is 23.9 Å². The maximum atomic E-state index is 12.0. The zero-order valence-electron chi connectivity index (χ0n) is 13.1. The number of carbonyl (C=O) groups is 2. The molecule has 0 aliphatic rings. The number of hydrogen-bond acceptors (Lipinski definition) is 5. The molecule has 0 bridgehead atoms. The van der Waals surface area contributed by atoms with Crippen molar-refractivity contribution in [2.45, 2.75) is 24.9 Å². The number of nitrogens with one attached hydrogen (secondary N) is 1. The van der Waals surface area contributed by atoms with Crippen molar-refractivity contribution in [2.75, 3.05) is 11.1 Å². The number of primary amides is 1. The standard InChI is InChI=1S/C15H19N5O2S/c1-10-4-3-5-11(8-10)17-14(22)9-23-15-19-18-13(20(15)2)7-6-12(16)21/h3-5,8H,6-7,9H2,1-2H3,(H2,16,21)(H,17,22). The van der Waals surface area contributed by atoms with Crippen molar-refractivity contribution in [3.63, 3.8) is 0 Å². The monoisotopic (exact) mass is 333 g/mol. The maximum Gasteiger partial charge on any atom is 0.234 e. The van der Waals surface area contributed by atoms with Gasteiger partial charge in [-0.3, -0.25) is 9.59 Å². The Kier molecular flexibility index (Phi) is 5.75. The van der Waals surface area contributed by atoms with E-state index in [1.54, 1.807) is 11.6 Å². The van der Waals surface area contributed by atoms with Crippen molar-refractivity contribution >= 4 is 29.3 Å². The lowest BCUT2D eigenvalue weighted by Gasteiger charge is -2.06. The quantitative estimate of drug-likeness (QED) is 0.743. The third-order valence-electron chi connectivity index (χ3n) is 3.15. The third kappa shape index (κ3) is 5.10. The van der Waals surface area contributed by atoms with Crippen molar-refractivity contribution in [1.29, 1.82) is 0 Å². The molecule has 0 unspecified atom stereocenters. The predicted molar refractivity (Wildman–Crippen MR) is 89.1 cm³/mol. The molecule has 0 aliphatic carbocycles. The highest BCUT2D eigenvalue weighted by molar-refractivity contribution is 7.99. The summed E-state index contributed by atoms with van der Waals surface area (Å²) < 4.78 is 1.77. The van der Waals surface area contributed by atoms with E-state index >= 15 is 0 Å². The topological polar surface area (TPSA) is 103 Å². The van der Waals surface area contributed by atoms with Gasteiger partial charge in [0.2, 0.25) is 11.8 Å². The zero-order valence-corrected chi connectivity index (χ0v) is 13.9. The number of nitrogens with two attached hydrogens (primary N) is 1. The average Bonchev–Trinajstić information content (AvgIpc) is 2.83. The summed E-state index contributed by atoms with van der Waals surface area (Å²) >= 11 is 1.29. The lowest BCUT2D eigenvalue weighted by molar-refractivity contribution is -0.118. The van der Waals surface area contributed by atoms with Crippen LogP contribution in [-0.4, -0.2) is 32.3 Å². The largest absolute Gasteiger partial charge is 0.370 e. The first-order valence-corrected chi connectivity index (χ1v) is 8.10. The van der Waals surface area contributed by atoms with Crippen LogP contribution in [0.3, 0.4) is 0 Å². The minimum atomic E-state index is -0.375. The molecule has 0 spiro atoms. The predicted octanol–water partition coefficient (Wildman–Crippen LogP) is 1.27. The summed E-state index contributed by atoms with van der Waals surface area (Å²) in [4.78, 5) is 22.8. The Bertz CT molecular complexity index is 714. The van der Waals surface area contributed by atoms with Gasteiger partial charge in [-0.15, -0.1) is 10.2 Å². The maximum absolute atomic E-state index is 12.0. The number of amides is 2. The molecule has 0 aliphatic heterocycles. The number of nitrogens with zero attached hydrogens (tertiary/aromatic N) is 3. The van der Waals surface area contributed by atoms with E-state index in [1.165, 1.54) is 11.8 Å². The average molecular weight is 333 g/mol. The summed E-state index contributed by atoms with van der Waals surface area (Å²) in [7, 11) is 1.80. The second-order valence-electron chi connectivity index (χ2n) is 5.13. The molecule has 2 aromatic rings. The Balaban J connectivity index is 1.88. The molecule has 0 saturated carbocycles. The van der Waals surface area contributed by atoms with Crippen molar-refractivity contribution in [3.8, 4) is 0 Å². The number of aromatic nitrogens is 3. The zero-order chi connectivity index (χ0) is 16.8. The Morgan fingerprint density at radius 3 is 2.83 bits per heavy atom. The normalized spacial score (nSPS) is 10.5. The van der Waals surface area contributed by atoms with Crippen molar-refractivity contribution in [1.82, 2.24) is 14.8 Å². The molecule has 122 valence electrons. The van der Waals surface area contributed by atoms with Crippen LogP contribution in [-0.2, 0) is 23.1 Å². The van der Waals surface area contributed by atoms with Gasteiger partial charge in [0.25, 0.3) is 0 Å². The number of hydrogen-bond donors (Lipinski definition) is 2. The molecule has 8 heteroatoms. The van der Waals surface area contributed by atoms with Gasteiger partial charge in [0, 0.05) is 25.6 Å². The Morgan fingerprint density at radius 1 is 1.35 bits per heavy atom. The Morgan fingerprint density at radius 2 is 2.13 bits per heavy atom. The van der Waals surface area contributed by atoms with Gasteiger partial charge in [0.15, 0.2) is 5.16 Å². The molecule has 0 saturated heterocycles. The molecule has 7 nitrogen and oxygen atoms in total. The van der Waals surface area contributed by atoms with Crippen LogP contribution in [0.5, 0.6) is 0 Å². The lowest BCUT2D eigenvalue weighted by Crippen LogP contribution is -2.15. The molecule has 0 atom stereocenters. The highest BCUT2D eigenvalue weighted by Crippen LogP contribution is 2.17. The van der Waals surface area contributed by atoms with Gasteiger partial charge in [-0.25, -0.2) is 0 Å². The van der Waals surface area contributed by atoms with Crippen LogP contribution in [0.4, 0.5) is 5.69 Å². The number of thioether (sulfide) groups is 1. The van der Waals surface area contributed by atoms with E-state index in [2.05, 4.69) is 15.5 Å². The van der Waals surface area contributed by atoms with Gasteiger partial charge in [0.1, 0.15) is 5.82 Å². The molecule has 2 rings (SSSR count). The minimum absolute atomic E-state index is 0.109. The van der Waals surface area contributed by atoms with Crippen LogP contribution in [0.15, 0.2) is 29.4 Å². The summed E-state index contributed by atoms with van der Waals surface area (Å²) in [5.74, 6) is 0.419. The highest BCUT2D eigenvalue weighted by Gasteiger charge is 2.12. The SMILES string of the molecule is Cc1cccc(NC(=O)CSc2nnc(CCC(N)=O)n2C)c1. The van der Waals surface area contributed by atoms with E-state index in [-0.39, 0.29) is 24.0 Å². The summed E-state index contributed by atoms with van der Waals surface area (Å²) in [5, 5.41) is 11.5. The second-order valence-corrected chi connectivity index (χ2v) is 6.07. The highest BCUT2D eigenvalue weighted by atomic mass is 32.2. The van der Waals surface area contributed by atoms with Crippen LogP contribution >= 0.6 is 11.8 Å². The number of anilines is 1. The van der Waals surface area contributed by atoms with Gasteiger partial charge < -0.3 is 15.6 Å². The van der Waals surface area contributed by atoms with Crippen LogP contribution in [0.25, 0.3) is 0 Å². The van der Waals surface area contributed by atoms with E-state index in [1.807, 2.05) is 31.2 Å². The van der Waals surface area contributed by atoms with Crippen molar-refractivity contribution < 1.29 is 9.59 Å². The molecular weight excluding hydrogens is 314 g/mol. The summed E-state index contributed by atoms with van der Waals surface area (Å²) in [5.41, 5.74) is 6.98. The fraction of sp³-hybridized carbons (Fsp3) is 0.333. The fourth-order valence-corrected chi connectivity index (χ4v) is 2.70. The Labute approximate surface area is 138 Å². The molecule has 3 N–H and O–H groups in total. The van der Waals surface area contributed by atoms with Crippen LogP contribution in [0, 0.1) is 6.92 Å². The van der Waals surface area contributed by atoms with E-state index in [9.17, 15) is 9.59 Å².